The Morgan fingerprint density at radius 3 is 1.90 bits per heavy atom. The molecule has 3 nitrogen and oxygen atoms in total. The molecule has 0 spiro atoms. The number of para-hydroxylation sites is 2. The molecule has 2 aromatic carbocycles. The molecule has 0 radical (unpaired) electrons. The zero-order valence-corrected chi connectivity index (χ0v) is 12.4. The first kappa shape index (κ1) is 13.5. The van der Waals surface area contributed by atoms with Crippen LogP contribution in [-0.2, 0) is 9.47 Å². The lowest BCUT2D eigenvalue weighted by molar-refractivity contribution is -0.0939. The minimum absolute atomic E-state index is 0.251. The number of methoxy groups -OCH3 is 2. The SMILES string of the molecule is COC(CN1c2ccccc2Sc2ccccc21)OC. The first-order valence-electron chi connectivity index (χ1n) is 6.52. The molecule has 0 atom stereocenters. The lowest BCUT2D eigenvalue weighted by atomic mass is 10.2. The van der Waals surface area contributed by atoms with Gasteiger partial charge in [0.05, 0.1) is 17.9 Å². The van der Waals surface area contributed by atoms with E-state index in [1.807, 2.05) is 0 Å². The van der Waals surface area contributed by atoms with Gasteiger partial charge in [-0.25, -0.2) is 0 Å². The largest absolute Gasteiger partial charge is 0.354 e. The summed E-state index contributed by atoms with van der Waals surface area (Å²) in [6.07, 6.45) is -0.251. The van der Waals surface area contributed by atoms with Crippen LogP contribution in [0.15, 0.2) is 58.3 Å². The molecule has 1 heterocycles. The van der Waals surface area contributed by atoms with Gasteiger partial charge in [-0.2, -0.15) is 0 Å². The number of hydrogen-bond donors (Lipinski definition) is 0. The molecular weight excluding hydrogens is 270 g/mol. The van der Waals surface area contributed by atoms with E-state index in [0.29, 0.717) is 6.54 Å². The second kappa shape index (κ2) is 5.87. The van der Waals surface area contributed by atoms with Crippen molar-refractivity contribution >= 4 is 23.1 Å². The average molecular weight is 287 g/mol. The van der Waals surface area contributed by atoms with Crippen molar-refractivity contribution < 1.29 is 9.47 Å². The molecule has 0 bridgehead atoms. The van der Waals surface area contributed by atoms with Crippen molar-refractivity contribution in [3.05, 3.63) is 48.5 Å². The Kier molecular flexibility index (Phi) is 3.96. The third-order valence-corrected chi connectivity index (χ3v) is 4.52. The minimum Gasteiger partial charge on any atom is -0.354 e. The number of rotatable bonds is 4. The summed E-state index contributed by atoms with van der Waals surface area (Å²) in [7, 11) is 3.34. The molecule has 4 heteroatoms. The number of fused-ring (bicyclic) bond motifs is 2. The van der Waals surface area contributed by atoms with Crippen LogP contribution >= 0.6 is 11.8 Å². The molecule has 104 valence electrons. The fourth-order valence-electron chi connectivity index (χ4n) is 2.37. The van der Waals surface area contributed by atoms with E-state index in [1.54, 1.807) is 26.0 Å². The van der Waals surface area contributed by atoms with Crippen LogP contribution < -0.4 is 4.90 Å². The van der Waals surface area contributed by atoms with E-state index in [0.717, 1.165) is 0 Å². The quantitative estimate of drug-likeness (QED) is 0.795. The predicted octanol–water partition coefficient (Wildman–Crippen LogP) is 3.91. The van der Waals surface area contributed by atoms with Gasteiger partial charge in [0.2, 0.25) is 0 Å². The molecular formula is C16H17NO2S. The summed E-state index contributed by atoms with van der Waals surface area (Å²) < 4.78 is 10.7. The second-order valence-corrected chi connectivity index (χ2v) is 5.63. The molecule has 0 fully saturated rings. The van der Waals surface area contributed by atoms with Crippen LogP contribution in [0, 0.1) is 0 Å². The monoisotopic (exact) mass is 287 g/mol. The first-order chi connectivity index (χ1) is 9.83. The summed E-state index contributed by atoms with van der Waals surface area (Å²) >= 11 is 1.81. The van der Waals surface area contributed by atoms with Crippen molar-refractivity contribution in [3.63, 3.8) is 0 Å². The van der Waals surface area contributed by atoms with Crippen molar-refractivity contribution in [3.8, 4) is 0 Å². The Morgan fingerprint density at radius 2 is 1.40 bits per heavy atom. The van der Waals surface area contributed by atoms with Gasteiger partial charge in [-0.05, 0) is 24.3 Å². The molecule has 3 rings (SSSR count). The summed E-state index contributed by atoms with van der Waals surface area (Å²) in [4.78, 5) is 4.79. The summed E-state index contributed by atoms with van der Waals surface area (Å²) in [6.45, 7) is 0.668. The highest BCUT2D eigenvalue weighted by atomic mass is 32.2. The third-order valence-electron chi connectivity index (χ3n) is 3.39. The predicted molar refractivity (Wildman–Crippen MR) is 81.8 cm³/mol. The van der Waals surface area contributed by atoms with Gasteiger partial charge >= 0.3 is 0 Å². The van der Waals surface area contributed by atoms with Crippen molar-refractivity contribution in [2.75, 3.05) is 25.7 Å². The van der Waals surface area contributed by atoms with E-state index in [4.69, 9.17) is 9.47 Å². The molecule has 0 amide bonds. The van der Waals surface area contributed by atoms with E-state index in [1.165, 1.54) is 21.2 Å². The molecule has 0 saturated carbocycles. The highest BCUT2D eigenvalue weighted by Crippen LogP contribution is 2.47. The maximum Gasteiger partial charge on any atom is 0.174 e. The Morgan fingerprint density at radius 1 is 0.900 bits per heavy atom. The van der Waals surface area contributed by atoms with E-state index in [2.05, 4.69) is 53.4 Å². The molecule has 0 unspecified atom stereocenters. The first-order valence-corrected chi connectivity index (χ1v) is 7.34. The Labute approximate surface area is 123 Å². The zero-order chi connectivity index (χ0) is 13.9. The molecule has 0 aliphatic carbocycles. The van der Waals surface area contributed by atoms with Crippen LogP contribution in [0.2, 0.25) is 0 Å². The van der Waals surface area contributed by atoms with Gasteiger partial charge < -0.3 is 14.4 Å². The number of ether oxygens (including phenoxy) is 2. The van der Waals surface area contributed by atoms with Gasteiger partial charge in [0.1, 0.15) is 0 Å². The fraction of sp³-hybridized carbons (Fsp3) is 0.250. The number of nitrogens with zero attached hydrogens (tertiary/aromatic N) is 1. The normalized spacial score (nSPS) is 13.2. The number of anilines is 2. The summed E-state index contributed by atoms with van der Waals surface area (Å²) in [5, 5.41) is 0. The fourth-order valence-corrected chi connectivity index (χ4v) is 3.47. The van der Waals surface area contributed by atoms with Crippen LogP contribution in [0.1, 0.15) is 0 Å². The topological polar surface area (TPSA) is 21.7 Å². The second-order valence-electron chi connectivity index (χ2n) is 4.55. The van der Waals surface area contributed by atoms with E-state index >= 15 is 0 Å². The van der Waals surface area contributed by atoms with Gasteiger partial charge in [-0.1, -0.05) is 36.0 Å². The smallest absolute Gasteiger partial charge is 0.174 e. The maximum atomic E-state index is 5.36. The molecule has 20 heavy (non-hydrogen) atoms. The van der Waals surface area contributed by atoms with Gasteiger partial charge in [0.15, 0.2) is 6.29 Å². The van der Waals surface area contributed by atoms with Crippen LogP contribution in [-0.4, -0.2) is 27.1 Å². The van der Waals surface area contributed by atoms with Gasteiger partial charge in [0, 0.05) is 24.0 Å². The summed E-state index contributed by atoms with van der Waals surface area (Å²) in [6, 6.07) is 16.9. The summed E-state index contributed by atoms with van der Waals surface area (Å²) in [5.41, 5.74) is 2.41. The van der Waals surface area contributed by atoms with Gasteiger partial charge in [0.25, 0.3) is 0 Å². The number of benzene rings is 2. The zero-order valence-electron chi connectivity index (χ0n) is 11.6. The minimum atomic E-state index is -0.251. The molecule has 1 aliphatic rings. The lowest BCUT2D eigenvalue weighted by Crippen LogP contribution is -2.32. The van der Waals surface area contributed by atoms with Gasteiger partial charge in [-0.3, -0.25) is 0 Å². The third kappa shape index (κ3) is 2.42. The molecule has 0 saturated heterocycles. The van der Waals surface area contributed by atoms with Gasteiger partial charge in [-0.15, -0.1) is 0 Å². The van der Waals surface area contributed by atoms with Crippen molar-refractivity contribution in [2.45, 2.75) is 16.1 Å². The molecule has 1 aliphatic heterocycles. The van der Waals surface area contributed by atoms with Crippen molar-refractivity contribution in [1.82, 2.24) is 0 Å². The van der Waals surface area contributed by atoms with Crippen LogP contribution in [0.4, 0.5) is 11.4 Å². The van der Waals surface area contributed by atoms with Crippen molar-refractivity contribution in [1.29, 1.82) is 0 Å². The Balaban J connectivity index is 2.03. The highest BCUT2D eigenvalue weighted by Gasteiger charge is 2.24. The Hall–Kier alpha value is -1.49. The van der Waals surface area contributed by atoms with Crippen LogP contribution in [0.25, 0.3) is 0 Å². The molecule has 0 N–H and O–H groups in total. The van der Waals surface area contributed by atoms with E-state index < -0.39 is 0 Å². The standard InChI is InChI=1S/C16H17NO2S/c1-18-16(19-2)11-17-12-7-3-5-9-14(12)20-15-10-6-4-8-13(15)17/h3-10,16H,11H2,1-2H3. The average Bonchev–Trinajstić information content (AvgIpc) is 2.51. The van der Waals surface area contributed by atoms with E-state index in [-0.39, 0.29) is 6.29 Å². The molecule has 0 aromatic heterocycles. The van der Waals surface area contributed by atoms with E-state index in [9.17, 15) is 0 Å². The maximum absolute atomic E-state index is 5.36. The number of hydrogen-bond acceptors (Lipinski definition) is 4. The lowest BCUT2D eigenvalue weighted by Gasteiger charge is -2.34. The highest BCUT2D eigenvalue weighted by molar-refractivity contribution is 7.99. The molecule has 2 aromatic rings. The Bertz CT molecular complexity index is 553. The van der Waals surface area contributed by atoms with Crippen LogP contribution in [0.5, 0.6) is 0 Å². The van der Waals surface area contributed by atoms with Crippen molar-refractivity contribution in [2.24, 2.45) is 0 Å². The summed E-state index contributed by atoms with van der Waals surface area (Å²) in [5.74, 6) is 0. The van der Waals surface area contributed by atoms with Crippen LogP contribution in [0.3, 0.4) is 0 Å².